The molecule has 1 N–H and O–H groups in total. The van der Waals surface area contributed by atoms with Gasteiger partial charge in [-0.15, -0.1) is 0 Å². The van der Waals surface area contributed by atoms with Crippen LogP contribution in [0.25, 0.3) is 0 Å². The van der Waals surface area contributed by atoms with E-state index in [4.69, 9.17) is 0 Å². The monoisotopic (exact) mass is 235 g/mol. The minimum Gasteiger partial charge on any atom is -0.463 e. The Morgan fingerprint density at radius 1 is 1.67 bits per heavy atom. The summed E-state index contributed by atoms with van der Waals surface area (Å²) in [6, 6.07) is -0.409. The number of carbonyl (C=O) groups excluding carboxylic acids is 1. The van der Waals surface area contributed by atoms with Crippen molar-refractivity contribution in [1.82, 2.24) is 4.72 Å². The van der Waals surface area contributed by atoms with Crippen LogP contribution in [0.15, 0.2) is 12.2 Å². The van der Waals surface area contributed by atoms with Crippen LogP contribution in [-0.4, -0.2) is 33.6 Å². The van der Waals surface area contributed by atoms with Gasteiger partial charge in [0.1, 0.15) is 0 Å². The van der Waals surface area contributed by atoms with E-state index in [1.165, 1.54) is 12.2 Å². The summed E-state index contributed by atoms with van der Waals surface area (Å²) in [5.74, 6) is -0.483. The summed E-state index contributed by atoms with van der Waals surface area (Å²) in [6.45, 7) is 2.11. The summed E-state index contributed by atoms with van der Waals surface area (Å²) in [5.41, 5.74) is 0. The van der Waals surface area contributed by atoms with Gasteiger partial charge in [0.25, 0.3) is 0 Å². The van der Waals surface area contributed by atoms with Crippen LogP contribution in [0.4, 0.5) is 0 Å². The lowest BCUT2D eigenvalue weighted by Crippen LogP contribution is -2.40. The molecule has 0 saturated carbocycles. The standard InChI is InChI=1S/C8H13NO5S/c1-2-13-8(10)4-3-7-5-6-14-15(11,12)9-7/h3-4,7,9H,2,5-6H2,1H3/b4-3+. The lowest BCUT2D eigenvalue weighted by atomic mass is 10.2. The van der Waals surface area contributed by atoms with E-state index < -0.39 is 22.3 Å². The Balaban J connectivity index is 2.48. The van der Waals surface area contributed by atoms with Crippen LogP contribution in [0, 0.1) is 0 Å². The second-order valence-corrected chi connectivity index (χ2v) is 4.28. The van der Waals surface area contributed by atoms with E-state index in [9.17, 15) is 13.2 Å². The first-order valence-corrected chi connectivity index (χ1v) is 5.96. The number of rotatable bonds is 3. The summed E-state index contributed by atoms with van der Waals surface area (Å²) in [7, 11) is -3.65. The molecule has 1 saturated heterocycles. The zero-order chi connectivity index (χ0) is 11.3. The molecule has 0 aromatic carbocycles. The molecule has 1 atom stereocenters. The topological polar surface area (TPSA) is 81.7 Å². The molecule has 0 amide bonds. The van der Waals surface area contributed by atoms with Gasteiger partial charge in [-0.1, -0.05) is 6.08 Å². The highest BCUT2D eigenvalue weighted by Gasteiger charge is 2.22. The van der Waals surface area contributed by atoms with Gasteiger partial charge >= 0.3 is 16.3 Å². The van der Waals surface area contributed by atoms with Crippen molar-refractivity contribution in [2.24, 2.45) is 0 Å². The van der Waals surface area contributed by atoms with E-state index in [-0.39, 0.29) is 6.61 Å². The van der Waals surface area contributed by atoms with E-state index in [0.29, 0.717) is 13.0 Å². The fraction of sp³-hybridized carbons (Fsp3) is 0.625. The number of hydrogen-bond donors (Lipinski definition) is 1. The first-order valence-electron chi connectivity index (χ1n) is 4.55. The summed E-state index contributed by atoms with van der Waals surface area (Å²) in [5, 5.41) is 0. The Labute approximate surface area is 88.5 Å². The van der Waals surface area contributed by atoms with Gasteiger partial charge in [-0.05, 0) is 13.3 Å². The number of esters is 1. The molecule has 0 spiro atoms. The molecule has 86 valence electrons. The van der Waals surface area contributed by atoms with E-state index in [1.54, 1.807) is 6.92 Å². The van der Waals surface area contributed by atoms with Crippen LogP contribution in [0.2, 0.25) is 0 Å². The van der Waals surface area contributed by atoms with Crippen molar-refractivity contribution in [2.75, 3.05) is 13.2 Å². The Kier molecular flexibility index (Phi) is 4.25. The third-order valence-corrected chi connectivity index (χ3v) is 2.78. The van der Waals surface area contributed by atoms with Crippen LogP contribution in [-0.2, 0) is 24.0 Å². The molecule has 0 aromatic heterocycles. The van der Waals surface area contributed by atoms with E-state index in [1.807, 2.05) is 0 Å². The molecule has 6 nitrogen and oxygen atoms in total. The Morgan fingerprint density at radius 2 is 2.40 bits per heavy atom. The van der Waals surface area contributed by atoms with Gasteiger partial charge in [-0.2, -0.15) is 13.1 Å². The van der Waals surface area contributed by atoms with Crippen molar-refractivity contribution < 1.29 is 22.1 Å². The zero-order valence-corrected chi connectivity index (χ0v) is 9.12. The highest BCUT2D eigenvalue weighted by atomic mass is 32.2. The van der Waals surface area contributed by atoms with Crippen molar-refractivity contribution >= 4 is 16.3 Å². The molecule has 0 radical (unpaired) electrons. The SMILES string of the molecule is CCOC(=O)/C=C/C1CCOS(=O)(=O)N1. The quantitative estimate of drug-likeness (QED) is 0.538. The molecule has 7 heteroatoms. The Morgan fingerprint density at radius 3 is 3.00 bits per heavy atom. The smallest absolute Gasteiger partial charge is 0.336 e. The van der Waals surface area contributed by atoms with Crippen molar-refractivity contribution in [3.05, 3.63) is 12.2 Å². The lowest BCUT2D eigenvalue weighted by molar-refractivity contribution is -0.137. The maximum Gasteiger partial charge on any atom is 0.336 e. The predicted octanol–water partition coefficient (Wildman–Crippen LogP) is -0.271. The largest absolute Gasteiger partial charge is 0.463 e. The van der Waals surface area contributed by atoms with Gasteiger partial charge in [0.15, 0.2) is 0 Å². The maximum absolute atomic E-state index is 10.9. The number of ether oxygens (including phenoxy) is 1. The molecular formula is C8H13NO5S. The van der Waals surface area contributed by atoms with E-state index in [0.717, 1.165) is 0 Å². The predicted molar refractivity (Wildman–Crippen MR) is 52.2 cm³/mol. The van der Waals surface area contributed by atoms with E-state index in [2.05, 4.69) is 13.6 Å². The lowest BCUT2D eigenvalue weighted by Gasteiger charge is -2.19. The van der Waals surface area contributed by atoms with Gasteiger partial charge in [0.05, 0.1) is 13.2 Å². The molecule has 1 aliphatic rings. The minimum absolute atomic E-state index is 0.118. The van der Waals surface area contributed by atoms with Crippen LogP contribution in [0.1, 0.15) is 13.3 Å². The van der Waals surface area contributed by atoms with Gasteiger partial charge in [0.2, 0.25) is 0 Å². The maximum atomic E-state index is 10.9. The molecule has 1 fully saturated rings. The molecular weight excluding hydrogens is 222 g/mol. The van der Waals surface area contributed by atoms with Crippen LogP contribution in [0.5, 0.6) is 0 Å². The average Bonchev–Trinajstić information content (AvgIpc) is 2.14. The molecule has 1 aliphatic heterocycles. The molecule has 1 heterocycles. The van der Waals surface area contributed by atoms with Crippen molar-refractivity contribution in [3.63, 3.8) is 0 Å². The minimum atomic E-state index is -3.65. The van der Waals surface area contributed by atoms with Gasteiger partial charge in [-0.25, -0.2) is 4.79 Å². The van der Waals surface area contributed by atoms with Crippen molar-refractivity contribution in [1.29, 1.82) is 0 Å². The Bertz CT molecular complexity index is 348. The normalized spacial score (nSPS) is 25.3. The molecule has 1 rings (SSSR count). The van der Waals surface area contributed by atoms with Crippen molar-refractivity contribution in [3.8, 4) is 0 Å². The van der Waals surface area contributed by atoms with Crippen LogP contribution in [0.3, 0.4) is 0 Å². The van der Waals surface area contributed by atoms with Gasteiger partial charge in [0, 0.05) is 12.1 Å². The molecule has 0 aromatic rings. The van der Waals surface area contributed by atoms with Crippen molar-refractivity contribution in [2.45, 2.75) is 19.4 Å². The van der Waals surface area contributed by atoms with Crippen LogP contribution >= 0.6 is 0 Å². The summed E-state index contributed by atoms with van der Waals surface area (Å²) >= 11 is 0. The first kappa shape index (κ1) is 12.2. The van der Waals surface area contributed by atoms with E-state index >= 15 is 0 Å². The summed E-state index contributed by atoms with van der Waals surface area (Å²) in [6.07, 6.45) is 3.16. The molecule has 0 aliphatic carbocycles. The highest BCUT2D eigenvalue weighted by molar-refractivity contribution is 7.84. The number of hydrogen-bond acceptors (Lipinski definition) is 5. The molecule has 0 bridgehead atoms. The van der Waals surface area contributed by atoms with Gasteiger partial charge < -0.3 is 4.74 Å². The molecule has 1 unspecified atom stereocenters. The summed E-state index contributed by atoms with van der Waals surface area (Å²) < 4.78 is 33.3. The fourth-order valence-electron chi connectivity index (χ4n) is 1.08. The average molecular weight is 235 g/mol. The zero-order valence-electron chi connectivity index (χ0n) is 8.30. The third kappa shape index (κ3) is 4.41. The first-order chi connectivity index (χ1) is 7.03. The Hall–Kier alpha value is -0.920. The van der Waals surface area contributed by atoms with Gasteiger partial charge in [-0.3, -0.25) is 4.18 Å². The highest BCUT2D eigenvalue weighted by Crippen LogP contribution is 2.06. The number of carbonyl (C=O) groups is 1. The van der Waals surface area contributed by atoms with Crippen LogP contribution < -0.4 is 4.72 Å². The second kappa shape index (κ2) is 5.24. The number of nitrogens with one attached hydrogen (secondary N) is 1. The fourth-order valence-corrected chi connectivity index (χ4v) is 2.03. The molecule has 15 heavy (non-hydrogen) atoms. The second-order valence-electron chi connectivity index (χ2n) is 2.90. The third-order valence-electron chi connectivity index (χ3n) is 1.71. The summed E-state index contributed by atoms with van der Waals surface area (Å²) in [4.78, 5) is 10.9.